The van der Waals surface area contributed by atoms with Gasteiger partial charge in [0.25, 0.3) is 0 Å². The van der Waals surface area contributed by atoms with Crippen LogP contribution < -0.4 is 40.9 Å². The fraction of sp³-hybridized carbons (Fsp3) is 0.176. The van der Waals surface area contributed by atoms with Gasteiger partial charge in [0.05, 0.1) is 5.41 Å². The minimum Gasteiger partial charge on any atom is -0.508 e. The van der Waals surface area contributed by atoms with Crippen molar-refractivity contribution >= 4 is 56.2 Å². The van der Waals surface area contributed by atoms with E-state index in [2.05, 4.69) is 243 Å². The Morgan fingerprint density at radius 2 is 0.536 bits per heavy atom. The van der Waals surface area contributed by atoms with E-state index < -0.39 is 29.8 Å². The molecule has 4 N–H and O–H groups in total. The third kappa shape index (κ3) is 11.0. The Morgan fingerprint density at radius 1 is 0.268 bits per heavy atom. The van der Waals surface area contributed by atoms with Gasteiger partial charge in [-0.3, -0.25) is 0 Å². The Kier molecular flexibility index (Phi) is 17.6. The molecular formula is C102H86NO6P3. The van der Waals surface area contributed by atoms with Gasteiger partial charge in [-0.25, -0.2) is 4.67 Å². The van der Waals surface area contributed by atoms with Gasteiger partial charge in [0.15, 0.2) is 0 Å². The molecule has 14 aromatic carbocycles. The third-order valence-corrected chi connectivity index (χ3v) is 32.2. The van der Waals surface area contributed by atoms with Crippen LogP contribution in [0.2, 0.25) is 0 Å². The second-order valence-corrected chi connectivity index (χ2v) is 37.6. The SMILES string of the molecule is CN(C)P1Oc2cccc3c2C2(CC3)CCc3cccc(c32)O1.Oc1cccc2c1C1(CC2)CCc2cccc(O)c21.Oc1cccc2c1C1(c3ccccc3-2)c2ccccc2-c2cccc(O)c21.c1ccc(P(c2ccccc2)c2cccc3c2C2(CC3)CCc3cccc(P(c4ccccc4)c4ccccc4)c32)cc1. The quantitative estimate of drug-likeness (QED) is 0.118. The molecule has 0 saturated heterocycles. The topological polar surface area (TPSA) is 103 Å². The molecule has 0 unspecified atom stereocenters. The molecule has 550 valence electrons. The summed E-state index contributed by atoms with van der Waals surface area (Å²) < 4.78 is 14.8. The second-order valence-electron chi connectivity index (χ2n) is 31.6. The predicted molar refractivity (Wildman–Crippen MR) is 460 cm³/mol. The monoisotopic (exact) mass is 1510 g/mol. The number of hydrogen-bond acceptors (Lipinski definition) is 7. The maximum Gasteiger partial charge on any atom is 0.384 e. The highest BCUT2D eigenvalue weighted by molar-refractivity contribution is 7.80. The first-order valence-electron chi connectivity index (χ1n) is 39.6. The van der Waals surface area contributed by atoms with Crippen molar-refractivity contribution in [3.8, 4) is 56.8 Å². The summed E-state index contributed by atoms with van der Waals surface area (Å²) in [4.78, 5) is 0. The first-order valence-corrected chi connectivity index (χ1v) is 43.4. The number of phenols is 4. The number of hydrogen-bond donors (Lipinski definition) is 4. The summed E-state index contributed by atoms with van der Waals surface area (Å²) in [5, 5.41) is 51.4. The van der Waals surface area contributed by atoms with Crippen molar-refractivity contribution in [1.29, 1.82) is 0 Å². The molecule has 10 heteroatoms. The molecule has 0 amide bonds. The number of benzene rings is 14. The highest BCUT2D eigenvalue weighted by Gasteiger charge is 2.56. The van der Waals surface area contributed by atoms with Crippen molar-refractivity contribution in [1.82, 2.24) is 4.67 Å². The number of phenolic OH excluding ortho intramolecular Hbond substituents is 4. The smallest absolute Gasteiger partial charge is 0.384 e. The zero-order valence-corrected chi connectivity index (χ0v) is 65.6. The van der Waals surface area contributed by atoms with Crippen LogP contribution in [0.3, 0.4) is 0 Å². The van der Waals surface area contributed by atoms with Crippen LogP contribution in [0.25, 0.3) is 22.3 Å². The Bertz CT molecular complexity index is 5560. The van der Waals surface area contributed by atoms with E-state index in [1.807, 2.05) is 67.3 Å². The first-order chi connectivity index (χ1) is 55.0. The third-order valence-electron chi connectivity index (χ3n) is 25.8. The van der Waals surface area contributed by atoms with Gasteiger partial charge in [-0.15, -0.1) is 0 Å². The lowest BCUT2D eigenvalue weighted by Gasteiger charge is -2.35. The average molecular weight is 1510 g/mol. The molecule has 8 aliphatic carbocycles. The standard InChI is InChI=1S/C41H34P2.C25H16O2.C19H20NO2P.C17H16O2/c1-5-17-33(18-6-1)42(34-19-7-2-8-20-34)37-25-13-15-31-27-29-41(39(31)37)30-28-32-16-14-26-38(40(32)41)43(35-21-9-3-10-22-35)36-23-11-4-12-24-36;26-21-13-5-9-17-15-7-1-3-11-19(15)25(23(17)21)20-12-4-2-8-16(20)18-10-6-14-22(27)24(18)25;1-20(2)23-21-15-7-3-5-13-9-11-19(17(13)15)12-10-14-6-4-8-16(22-23)18(14)19;18-13-5-1-3-11-7-9-17(15(11)13)10-8-12-4-2-6-14(19)16(12)17/h1-26H,27-30H2;1-14,26-27H;3-8H,9-12H2,1-2H3;1-6,18-19H,7-10H2. The van der Waals surface area contributed by atoms with E-state index in [0.717, 1.165) is 119 Å². The van der Waals surface area contributed by atoms with E-state index in [-0.39, 0.29) is 27.7 Å². The van der Waals surface area contributed by atoms with Gasteiger partial charge in [-0.05, 0) is 253 Å². The number of fused-ring (bicyclic) bond motifs is 18. The number of rotatable bonds is 7. The number of aryl methyl sites for hydroxylation is 6. The summed E-state index contributed by atoms with van der Waals surface area (Å²) in [5.41, 5.74) is 24.2. The Labute approximate surface area is 660 Å². The van der Waals surface area contributed by atoms with Crippen LogP contribution in [0.1, 0.15) is 128 Å². The van der Waals surface area contributed by atoms with Crippen molar-refractivity contribution in [3.05, 3.63) is 404 Å². The fourth-order valence-corrected chi connectivity index (χ4v) is 27.9. The van der Waals surface area contributed by atoms with E-state index in [1.54, 1.807) is 57.1 Å². The average Bonchev–Trinajstić information content (AvgIpc) is 1.50. The van der Waals surface area contributed by atoms with Crippen LogP contribution >= 0.6 is 24.4 Å². The Balaban J connectivity index is 0.000000102. The summed E-state index contributed by atoms with van der Waals surface area (Å²) >= 11 is 0. The Hall–Kier alpha value is -10.9. The van der Waals surface area contributed by atoms with Crippen LogP contribution in [0, 0.1) is 0 Å². The zero-order chi connectivity index (χ0) is 75.5. The lowest BCUT2D eigenvalue weighted by atomic mass is 9.70. The normalized spacial score (nSPS) is 16.5. The maximum absolute atomic E-state index is 11.0. The largest absolute Gasteiger partial charge is 0.508 e. The van der Waals surface area contributed by atoms with Crippen molar-refractivity contribution < 1.29 is 29.5 Å². The van der Waals surface area contributed by atoms with Crippen LogP contribution in [0.4, 0.5) is 0 Å². The van der Waals surface area contributed by atoms with Crippen LogP contribution in [0.15, 0.2) is 315 Å². The molecule has 0 aromatic heterocycles. The van der Waals surface area contributed by atoms with Gasteiger partial charge in [0.2, 0.25) is 0 Å². The summed E-state index contributed by atoms with van der Waals surface area (Å²) in [5.74, 6) is 3.34. The zero-order valence-electron chi connectivity index (χ0n) is 62.9. The first kappa shape index (κ1) is 70.3. The highest BCUT2D eigenvalue weighted by Crippen LogP contribution is 2.67. The molecule has 0 bridgehead atoms. The summed E-state index contributed by atoms with van der Waals surface area (Å²) in [6.07, 6.45) is 13.3. The van der Waals surface area contributed by atoms with Crippen molar-refractivity contribution in [2.24, 2.45) is 0 Å². The lowest BCUT2D eigenvalue weighted by molar-refractivity contribution is 0.387. The number of aromatic hydroxyl groups is 4. The molecule has 0 fully saturated rings. The maximum atomic E-state index is 11.0. The summed E-state index contributed by atoms with van der Waals surface area (Å²) in [7, 11) is 1.54. The van der Waals surface area contributed by atoms with Crippen molar-refractivity contribution in [2.75, 3.05) is 14.1 Å². The molecule has 9 aliphatic rings. The predicted octanol–water partition coefficient (Wildman–Crippen LogP) is 20.5. The molecule has 23 rings (SSSR count). The molecular weight excluding hydrogens is 1430 g/mol. The highest BCUT2D eigenvalue weighted by atomic mass is 31.2. The van der Waals surface area contributed by atoms with E-state index in [1.165, 1.54) is 80.3 Å². The van der Waals surface area contributed by atoms with E-state index >= 15 is 0 Å². The molecule has 1 heterocycles. The van der Waals surface area contributed by atoms with E-state index in [0.29, 0.717) is 11.5 Å². The molecule has 14 aromatic rings. The molecule has 4 spiro atoms. The van der Waals surface area contributed by atoms with Gasteiger partial charge in [-0.2, -0.15) is 0 Å². The van der Waals surface area contributed by atoms with Gasteiger partial charge in [0.1, 0.15) is 34.5 Å². The molecule has 0 atom stereocenters. The minimum absolute atomic E-state index is 0.0478. The van der Waals surface area contributed by atoms with E-state index in [4.69, 9.17) is 9.05 Å². The molecule has 112 heavy (non-hydrogen) atoms. The van der Waals surface area contributed by atoms with E-state index in [9.17, 15) is 20.4 Å². The van der Waals surface area contributed by atoms with Gasteiger partial charge in [0, 0.05) is 49.6 Å². The minimum atomic E-state index is -1.12. The molecule has 7 nitrogen and oxygen atoms in total. The van der Waals surface area contributed by atoms with Gasteiger partial charge in [-0.1, -0.05) is 279 Å². The van der Waals surface area contributed by atoms with Gasteiger partial charge < -0.3 is 29.5 Å². The lowest BCUT2D eigenvalue weighted by Crippen LogP contribution is -2.35. The van der Waals surface area contributed by atoms with Gasteiger partial charge >= 0.3 is 8.53 Å². The summed E-state index contributed by atoms with van der Waals surface area (Å²) in [6, 6.07) is 112. The fourth-order valence-electron chi connectivity index (χ4n) is 21.6. The summed E-state index contributed by atoms with van der Waals surface area (Å²) in [6.45, 7) is 0. The van der Waals surface area contributed by atoms with Crippen molar-refractivity contribution in [3.63, 3.8) is 0 Å². The molecule has 1 aliphatic heterocycles. The van der Waals surface area contributed by atoms with Crippen molar-refractivity contribution in [2.45, 2.75) is 98.7 Å². The Morgan fingerprint density at radius 3 is 0.893 bits per heavy atom. The molecule has 0 saturated carbocycles. The van der Waals surface area contributed by atoms with Crippen LogP contribution in [0.5, 0.6) is 34.5 Å². The van der Waals surface area contributed by atoms with Crippen LogP contribution in [-0.4, -0.2) is 39.2 Å². The second kappa shape index (κ2) is 28.1. The number of nitrogens with zero attached hydrogens (tertiary/aromatic N) is 1. The van der Waals surface area contributed by atoms with Crippen LogP contribution in [-0.2, 0) is 60.2 Å². The molecule has 0 radical (unpaired) electrons.